The molecule has 1 heterocycles. The summed E-state index contributed by atoms with van der Waals surface area (Å²) >= 11 is 4.30. The number of imide groups is 1. The molecule has 1 saturated heterocycles. The largest absolute Gasteiger partial charge is 0.490 e. The molecule has 2 amide bonds. The Morgan fingerprint density at radius 3 is 2.48 bits per heavy atom. The lowest BCUT2D eigenvalue weighted by molar-refractivity contribution is -0.115. The number of benzene rings is 2. The number of amides is 2. The van der Waals surface area contributed by atoms with Crippen LogP contribution in [-0.4, -0.2) is 24.4 Å². The lowest BCUT2D eigenvalue weighted by atomic mass is 9.99. The monoisotopic (exact) mass is 475 g/mol. The molecule has 5 nitrogen and oxygen atoms in total. The van der Waals surface area contributed by atoms with Crippen molar-refractivity contribution in [2.45, 2.75) is 26.2 Å². The maximum atomic E-state index is 11.8. The number of hydrogen-bond donors (Lipinski definition) is 1. The summed E-state index contributed by atoms with van der Waals surface area (Å²) in [7, 11) is 0. The van der Waals surface area contributed by atoms with E-state index in [9.17, 15) is 9.59 Å². The van der Waals surface area contributed by atoms with E-state index in [1.165, 1.54) is 5.56 Å². The third-order valence-electron chi connectivity index (χ3n) is 4.57. The molecule has 1 aliphatic heterocycles. The van der Waals surface area contributed by atoms with Crippen molar-refractivity contribution in [2.75, 3.05) is 13.2 Å². The average Bonchev–Trinajstić information content (AvgIpc) is 3.03. The smallest absolute Gasteiger partial charge is 0.290 e. The second-order valence-corrected chi connectivity index (χ2v) is 8.54. The summed E-state index contributed by atoms with van der Waals surface area (Å²) < 4.78 is 12.5. The first-order valence-corrected chi connectivity index (χ1v) is 11.0. The molecule has 0 radical (unpaired) electrons. The van der Waals surface area contributed by atoms with Gasteiger partial charge in [0.2, 0.25) is 0 Å². The van der Waals surface area contributed by atoms with Crippen molar-refractivity contribution in [1.82, 2.24) is 5.32 Å². The van der Waals surface area contributed by atoms with Gasteiger partial charge in [0.15, 0.2) is 0 Å². The highest BCUT2D eigenvalue weighted by Gasteiger charge is 2.25. The lowest BCUT2D eigenvalue weighted by Crippen LogP contribution is -2.17. The standard InChI is InChI=1S/C22H22BrNO4S/c1-3-14(2)15-4-7-18(8-5-15)27-10-11-28-19-9-6-17(23)12-16(19)13-20-21(25)24-22(26)29-20/h4-9,12-14H,3,10-11H2,1-2H3,(H,24,25,26)/b20-13-/t14-/m0/s1. The normalized spacial score (nSPS) is 16.0. The van der Waals surface area contributed by atoms with Crippen LogP contribution in [-0.2, 0) is 4.79 Å². The minimum Gasteiger partial charge on any atom is -0.490 e. The number of rotatable bonds is 8. The Labute approximate surface area is 183 Å². The van der Waals surface area contributed by atoms with Gasteiger partial charge in [0.05, 0.1) is 4.91 Å². The summed E-state index contributed by atoms with van der Waals surface area (Å²) in [4.78, 5) is 23.5. The van der Waals surface area contributed by atoms with E-state index < -0.39 is 5.91 Å². The molecule has 1 fully saturated rings. The molecule has 1 N–H and O–H groups in total. The summed E-state index contributed by atoms with van der Waals surface area (Å²) in [5.41, 5.74) is 2.01. The zero-order valence-electron chi connectivity index (χ0n) is 16.2. The fourth-order valence-electron chi connectivity index (χ4n) is 2.77. The summed E-state index contributed by atoms with van der Waals surface area (Å²) in [5.74, 6) is 1.56. The predicted molar refractivity (Wildman–Crippen MR) is 119 cm³/mol. The molecule has 1 atom stereocenters. The Hall–Kier alpha value is -2.25. The number of thioether (sulfide) groups is 1. The second-order valence-electron chi connectivity index (χ2n) is 6.61. The van der Waals surface area contributed by atoms with Gasteiger partial charge in [-0.05, 0) is 66.1 Å². The molecule has 0 bridgehead atoms. The first-order chi connectivity index (χ1) is 14.0. The molecular formula is C22H22BrNO4S. The Kier molecular flexibility index (Phi) is 7.39. The Bertz CT molecular complexity index is 927. The maximum Gasteiger partial charge on any atom is 0.290 e. The SMILES string of the molecule is CC[C@H](C)c1ccc(OCCOc2ccc(Br)cc2/C=C2\SC(=O)NC2=O)cc1. The maximum absolute atomic E-state index is 11.8. The van der Waals surface area contributed by atoms with Crippen molar-refractivity contribution in [2.24, 2.45) is 0 Å². The van der Waals surface area contributed by atoms with Crippen LogP contribution >= 0.6 is 27.7 Å². The van der Waals surface area contributed by atoms with Crippen molar-refractivity contribution in [3.05, 3.63) is 63.0 Å². The van der Waals surface area contributed by atoms with Crippen LogP contribution in [0.3, 0.4) is 0 Å². The van der Waals surface area contributed by atoms with E-state index in [2.05, 4.69) is 47.2 Å². The van der Waals surface area contributed by atoms with E-state index in [0.717, 1.165) is 28.4 Å². The summed E-state index contributed by atoms with van der Waals surface area (Å²) in [6.07, 6.45) is 2.76. The Balaban J connectivity index is 1.59. The lowest BCUT2D eigenvalue weighted by Gasteiger charge is -2.12. The van der Waals surface area contributed by atoms with Crippen LogP contribution in [0, 0.1) is 0 Å². The number of carbonyl (C=O) groups excluding carboxylic acids is 2. The Morgan fingerprint density at radius 2 is 1.83 bits per heavy atom. The average molecular weight is 476 g/mol. The molecule has 0 aromatic heterocycles. The molecule has 2 aromatic rings. The van der Waals surface area contributed by atoms with Gasteiger partial charge in [0.1, 0.15) is 24.7 Å². The highest BCUT2D eigenvalue weighted by atomic mass is 79.9. The Morgan fingerprint density at radius 1 is 1.10 bits per heavy atom. The number of ether oxygens (including phenoxy) is 2. The molecule has 0 spiro atoms. The van der Waals surface area contributed by atoms with Gasteiger partial charge in [0, 0.05) is 10.0 Å². The van der Waals surface area contributed by atoms with Crippen molar-refractivity contribution in [3.63, 3.8) is 0 Å². The van der Waals surface area contributed by atoms with Crippen molar-refractivity contribution < 1.29 is 19.1 Å². The van der Waals surface area contributed by atoms with Gasteiger partial charge in [-0.15, -0.1) is 0 Å². The van der Waals surface area contributed by atoms with E-state index in [-0.39, 0.29) is 5.24 Å². The van der Waals surface area contributed by atoms with Crippen molar-refractivity contribution in [3.8, 4) is 11.5 Å². The van der Waals surface area contributed by atoms with Gasteiger partial charge in [-0.2, -0.15) is 0 Å². The second kappa shape index (κ2) is 9.98. The van der Waals surface area contributed by atoms with Gasteiger partial charge < -0.3 is 9.47 Å². The van der Waals surface area contributed by atoms with E-state index in [4.69, 9.17) is 9.47 Å². The molecule has 7 heteroatoms. The first-order valence-electron chi connectivity index (χ1n) is 9.36. The third-order valence-corrected chi connectivity index (χ3v) is 5.88. The van der Waals surface area contributed by atoms with Crippen LogP contribution in [0.1, 0.15) is 37.3 Å². The van der Waals surface area contributed by atoms with Crippen LogP contribution in [0.2, 0.25) is 0 Å². The first kappa shape index (κ1) is 21.5. The van der Waals surface area contributed by atoms with Crippen LogP contribution in [0.4, 0.5) is 4.79 Å². The van der Waals surface area contributed by atoms with Gasteiger partial charge in [-0.3, -0.25) is 14.9 Å². The van der Waals surface area contributed by atoms with Gasteiger partial charge in [0.25, 0.3) is 11.1 Å². The van der Waals surface area contributed by atoms with Crippen LogP contribution in [0.5, 0.6) is 11.5 Å². The van der Waals surface area contributed by atoms with E-state index in [1.54, 1.807) is 6.08 Å². The molecule has 1 aliphatic rings. The van der Waals surface area contributed by atoms with Gasteiger partial charge >= 0.3 is 0 Å². The van der Waals surface area contributed by atoms with E-state index >= 15 is 0 Å². The highest BCUT2D eigenvalue weighted by molar-refractivity contribution is 9.10. The summed E-state index contributed by atoms with van der Waals surface area (Å²) in [6.45, 7) is 5.12. The van der Waals surface area contributed by atoms with Crippen molar-refractivity contribution >= 4 is 44.9 Å². The number of hydrogen-bond acceptors (Lipinski definition) is 5. The fourth-order valence-corrected chi connectivity index (χ4v) is 3.82. The van der Waals surface area contributed by atoms with Crippen molar-refractivity contribution in [1.29, 1.82) is 0 Å². The molecule has 3 rings (SSSR count). The van der Waals surface area contributed by atoms with E-state index in [1.807, 2.05) is 30.3 Å². The summed E-state index contributed by atoms with van der Waals surface area (Å²) in [5, 5.41) is 1.88. The molecule has 0 unspecified atom stereocenters. The number of halogens is 1. The third kappa shape index (κ3) is 5.87. The predicted octanol–water partition coefficient (Wildman–Crippen LogP) is 5.74. The molecule has 0 aliphatic carbocycles. The fraction of sp³-hybridized carbons (Fsp3) is 0.273. The van der Waals surface area contributed by atoms with Gasteiger partial charge in [-0.1, -0.05) is 41.9 Å². The minimum absolute atomic E-state index is 0.343. The molecule has 2 aromatic carbocycles. The minimum atomic E-state index is -0.393. The zero-order valence-corrected chi connectivity index (χ0v) is 18.6. The molecular weight excluding hydrogens is 454 g/mol. The van der Waals surface area contributed by atoms with Crippen LogP contribution in [0.15, 0.2) is 51.8 Å². The quantitative estimate of drug-likeness (QED) is 0.389. The number of nitrogens with one attached hydrogen (secondary N) is 1. The molecule has 29 heavy (non-hydrogen) atoms. The highest BCUT2D eigenvalue weighted by Crippen LogP contribution is 2.31. The zero-order chi connectivity index (χ0) is 20.8. The van der Waals surface area contributed by atoms with E-state index in [0.29, 0.717) is 35.3 Å². The van der Waals surface area contributed by atoms with Gasteiger partial charge in [-0.25, -0.2) is 0 Å². The molecule has 152 valence electrons. The molecule has 0 saturated carbocycles. The number of carbonyl (C=O) groups is 2. The summed E-state index contributed by atoms with van der Waals surface area (Å²) in [6, 6.07) is 13.7. The topological polar surface area (TPSA) is 64.6 Å². The van der Waals surface area contributed by atoms with Crippen LogP contribution < -0.4 is 14.8 Å². The van der Waals surface area contributed by atoms with Crippen LogP contribution in [0.25, 0.3) is 6.08 Å².